The molecule has 0 saturated carbocycles. The van der Waals surface area contributed by atoms with E-state index in [-0.39, 0.29) is 24.6 Å². The summed E-state index contributed by atoms with van der Waals surface area (Å²) in [5.41, 5.74) is 0.599. The first-order chi connectivity index (χ1) is 11.9. The van der Waals surface area contributed by atoms with Crippen LogP contribution in [0.2, 0.25) is 0 Å². The highest BCUT2D eigenvalue weighted by atomic mass is 16.5. The Labute approximate surface area is 144 Å². The highest BCUT2D eigenvalue weighted by Gasteiger charge is 2.16. The third kappa shape index (κ3) is 4.66. The zero-order valence-electron chi connectivity index (χ0n) is 14.0. The molecule has 1 heterocycles. The average Bonchev–Trinajstić information content (AvgIpc) is 2.58. The summed E-state index contributed by atoms with van der Waals surface area (Å²) in [6.07, 6.45) is 0.551. The van der Waals surface area contributed by atoms with Gasteiger partial charge < -0.3 is 15.2 Å². The van der Waals surface area contributed by atoms with E-state index in [0.29, 0.717) is 12.1 Å². The number of amides is 1. The fourth-order valence-corrected chi connectivity index (χ4v) is 2.17. The summed E-state index contributed by atoms with van der Waals surface area (Å²) >= 11 is 0. The Morgan fingerprint density at radius 2 is 2.08 bits per heavy atom. The zero-order chi connectivity index (χ0) is 18.4. The van der Waals surface area contributed by atoms with Gasteiger partial charge in [-0.3, -0.25) is 14.4 Å². The molecule has 132 valence electrons. The summed E-state index contributed by atoms with van der Waals surface area (Å²) in [6.45, 7) is 2.07. The van der Waals surface area contributed by atoms with Crippen molar-refractivity contribution in [1.82, 2.24) is 15.1 Å². The first kappa shape index (κ1) is 18.2. The number of hydrogen-bond acceptors (Lipinski definition) is 6. The lowest BCUT2D eigenvalue weighted by molar-refractivity contribution is -0.140. The molecule has 0 aliphatic rings. The number of aryl methyl sites for hydroxylation is 1. The van der Waals surface area contributed by atoms with E-state index < -0.39 is 17.2 Å². The normalized spacial score (nSPS) is 10.3. The number of aromatic nitrogens is 2. The second-order valence-electron chi connectivity index (χ2n) is 5.40. The molecular formula is C17H19N3O5. The largest absolute Gasteiger partial charge is 0.505 e. The monoisotopic (exact) mass is 345 g/mol. The van der Waals surface area contributed by atoms with Gasteiger partial charge >= 0.3 is 5.97 Å². The molecule has 0 bridgehead atoms. The fourth-order valence-electron chi connectivity index (χ4n) is 2.17. The van der Waals surface area contributed by atoms with Crippen molar-refractivity contribution in [3.05, 3.63) is 51.9 Å². The van der Waals surface area contributed by atoms with Gasteiger partial charge in [0.15, 0.2) is 11.4 Å². The lowest BCUT2D eigenvalue weighted by Gasteiger charge is -2.10. The fraction of sp³-hybridized carbons (Fsp3) is 0.294. The van der Waals surface area contributed by atoms with E-state index in [1.54, 1.807) is 18.2 Å². The number of ether oxygens (including phenoxy) is 1. The van der Waals surface area contributed by atoms with Crippen LogP contribution < -0.4 is 10.9 Å². The number of esters is 1. The van der Waals surface area contributed by atoms with Crippen molar-refractivity contribution in [2.45, 2.75) is 19.8 Å². The molecule has 0 aliphatic carbocycles. The van der Waals surface area contributed by atoms with E-state index in [1.165, 1.54) is 7.11 Å². The van der Waals surface area contributed by atoms with Crippen LogP contribution in [0.5, 0.6) is 5.75 Å². The summed E-state index contributed by atoms with van der Waals surface area (Å²) in [6, 6.07) is 7.99. The number of carbonyl (C=O) groups is 2. The van der Waals surface area contributed by atoms with Crippen LogP contribution in [0.4, 0.5) is 0 Å². The Kier molecular flexibility index (Phi) is 5.89. The van der Waals surface area contributed by atoms with E-state index in [0.717, 1.165) is 16.3 Å². The molecule has 1 amide bonds. The summed E-state index contributed by atoms with van der Waals surface area (Å²) < 4.78 is 5.56. The minimum absolute atomic E-state index is 0.166. The van der Waals surface area contributed by atoms with Crippen molar-refractivity contribution in [1.29, 1.82) is 0 Å². The molecule has 0 saturated heterocycles. The van der Waals surface area contributed by atoms with E-state index in [2.05, 4.69) is 15.2 Å². The highest BCUT2D eigenvalue weighted by molar-refractivity contribution is 5.94. The lowest BCUT2D eigenvalue weighted by atomic mass is 10.2. The summed E-state index contributed by atoms with van der Waals surface area (Å²) in [5.74, 6) is -1.51. The molecule has 0 spiro atoms. The van der Waals surface area contributed by atoms with Crippen LogP contribution in [0.1, 0.15) is 28.9 Å². The van der Waals surface area contributed by atoms with E-state index in [4.69, 9.17) is 0 Å². The van der Waals surface area contributed by atoms with Gasteiger partial charge in [0.1, 0.15) is 0 Å². The number of benzene rings is 1. The van der Waals surface area contributed by atoms with Crippen molar-refractivity contribution >= 4 is 11.9 Å². The number of nitrogens with one attached hydrogen (secondary N) is 1. The van der Waals surface area contributed by atoms with Crippen LogP contribution in [-0.4, -0.2) is 40.4 Å². The van der Waals surface area contributed by atoms with Crippen LogP contribution in [0.3, 0.4) is 0 Å². The van der Waals surface area contributed by atoms with E-state index in [9.17, 15) is 19.5 Å². The van der Waals surface area contributed by atoms with Gasteiger partial charge in [0.2, 0.25) is 0 Å². The standard InChI is InChI=1S/C17H19N3O5/c1-11-5-3-6-12(9-11)20-14(22)10-13(21)16(19-20)17(24)18-8-4-7-15(23)25-2/h3,5-6,9-10,21H,4,7-8H2,1-2H3,(H,18,24). The SMILES string of the molecule is COC(=O)CCCNC(=O)c1nn(-c2cccc(C)c2)c(=O)cc1O. The molecule has 0 atom stereocenters. The predicted octanol–water partition coefficient (Wildman–Crippen LogP) is 0.930. The van der Waals surface area contributed by atoms with Gasteiger partial charge in [-0.05, 0) is 31.0 Å². The maximum Gasteiger partial charge on any atom is 0.305 e. The van der Waals surface area contributed by atoms with Crippen molar-refractivity contribution < 1.29 is 19.4 Å². The van der Waals surface area contributed by atoms with Crippen molar-refractivity contribution in [2.24, 2.45) is 0 Å². The predicted molar refractivity (Wildman–Crippen MR) is 89.8 cm³/mol. The van der Waals surface area contributed by atoms with Crippen LogP contribution >= 0.6 is 0 Å². The number of hydrogen-bond donors (Lipinski definition) is 2. The van der Waals surface area contributed by atoms with Gasteiger partial charge in [0.05, 0.1) is 12.8 Å². The van der Waals surface area contributed by atoms with Crippen LogP contribution in [0.25, 0.3) is 5.69 Å². The maximum atomic E-state index is 12.2. The van der Waals surface area contributed by atoms with Crippen molar-refractivity contribution in [3.63, 3.8) is 0 Å². The van der Waals surface area contributed by atoms with Crippen LogP contribution in [-0.2, 0) is 9.53 Å². The number of rotatable bonds is 6. The van der Waals surface area contributed by atoms with Crippen molar-refractivity contribution in [3.8, 4) is 11.4 Å². The Morgan fingerprint density at radius 1 is 1.32 bits per heavy atom. The third-order valence-electron chi connectivity index (χ3n) is 3.44. The maximum absolute atomic E-state index is 12.2. The lowest BCUT2D eigenvalue weighted by Crippen LogP contribution is -2.30. The van der Waals surface area contributed by atoms with Gasteiger partial charge in [-0.15, -0.1) is 0 Å². The van der Waals surface area contributed by atoms with Gasteiger partial charge in [-0.1, -0.05) is 12.1 Å². The Hall–Kier alpha value is -3.16. The number of carbonyl (C=O) groups excluding carboxylic acids is 2. The topological polar surface area (TPSA) is 111 Å². The molecule has 0 radical (unpaired) electrons. The first-order valence-electron chi connectivity index (χ1n) is 7.67. The Balaban J connectivity index is 2.18. The summed E-state index contributed by atoms with van der Waals surface area (Å²) in [5, 5.41) is 16.4. The molecule has 0 fully saturated rings. The summed E-state index contributed by atoms with van der Waals surface area (Å²) in [4.78, 5) is 35.3. The molecular weight excluding hydrogens is 326 g/mol. The van der Waals surface area contributed by atoms with Crippen molar-refractivity contribution in [2.75, 3.05) is 13.7 Å². The van der Waals surface area contributed by atoms with Gasteiger partial charge in [-0.2, -0.15) is 9.78 Å². The molecule has 8 nitrogen and oxygen atoms in total. The Bertz CT molecular complexity index is 844. The van der Waals surface area contributed by atoms with Gasteiger partial charge in [-0.25, -0.2) is 0 Å². The molecule has 1 aromatic carbocycles. The van der Waals surface area contributed by atoms with E-state index in [1.807, 2.05) is 13.0 Å². The number of nitrogens with zero attached hydrogens (tertiary/aromatic N) is 2. The second kappa shape index (κ2) is 8.09. The molecule has 0 aliphatic heterocycles. The smallest absolute Gasteiger partial charge is 0.305 e. The van der Waals surface area contributed by atoms with Gasteiger partial charge in [0, 0.05) is 19.0 Å². The van der Waals surface area contributed by atoms with Crippen LogP contribution in [0.15, 0.2) is 35.1 Å². The highest BCUT2D eigenvalue weighted by Crippen LogP contribution is 2.13. The molecule has 2 rings (SSSR count). The minimum atomic E-state index is -0.635. The molecule has 0 unspecified atom stereocenters. The minimum Gasteiger partial charge on any atom is -0.505 e. The third-order valence-corrected chi connectivity index (χ3v) is 3.44. The summed E-state index contributed by atoms with van der Waals surface area (Å²) in [7, 11) is 1.29. The molecule has 2 aromatic rings. The van der Waals surface area contributed by atoms with E-state index >= 15 is 0 Å². The number of methoxy groups -OCH3 is 1. The Morgan fingerprint density at radius 3 is 2.76 bits per heavy atom. The van der Waals surface area contributed by atoms with Gasteiger partial charge in [0.25, 0.3) is 11.5 Å². The molecule has 2 N–H and O–H groups in total. The quantitative estimate of drug-likeness (QED) is 0.595. The number of aromatic hydroxyl groups is 1. The molecule has 1 aromatic heterocycles. The zero-order valence-corrected chi connectivity index (χ0v) is 14.0. The second-order valence-corrected chi connectivity index (χ2v) is 5.40. The molecule has 8 heteroatoms. The van der Waals surface area contributed by atoms with Crippen LogP contribution in [0, 0.1) is 6.92 Å². The average molecular weight is 345 g/mol. The molecule has 25 heavy (non-hydrogen) atoms. The first-order valence-corrected chi connectivity index (χ1v) is 7.67.